The third kappa shape index (κ3) is 3.47. The molecule has 8 nitrogen and oxygen atoms in total. The topological polar surface area (TPSA) is 109 Å². The van der Waals surface area contributed by atoms with Crippen molar-refractivity contribution in [2.75, 3.05) is 11.1 Å². The van der Waals surface area contributed by atoms with Gasteiger partial charge in [-0.05, 0) is 30.6 Å². The molecule has 0 saturated heterocycles. The number of aliphatic hydroxyl groups excluding tert-OH is 2. The van der Waals surface area contributed by atoms with Gasteiger partial charge in [-0.3, -0.25) is 0 Å². The van der Waals surface area contributed by atoms with Gasteiger partial charge in [-0.1, -0.05) is 54.2 Å². The first-order valence-electron chi connectivity index (χ1n) is 10.1. The summed E-state index contributed by atoms with van der Waals surface area (Å²) < 4.78 is 1.66. The van der Waals surface area contributed by atoms with Crippen molar-refractivity contribution in [1.82, 2.24) is 25.0 Å². The fraction of sp³-hybridized carbons (Fsp3) is 0.500. The normalized spacial score (nSPS) is 28.7. The molecule has 2 heterocycles. The highest BCUT2D eigenvalue weighted by atomic mass is 32.2. The molecule has 0 aliphatic heterocycles. The molecule has 2 saturated carbocycles. The van der Waals surface area contributed by atoms with Crippen LogP contribution in [0.25, 0.3) is 11.2 Å². The highest BCUT2D eigenvalue weighted by Gasteiger charge is 2.40. The van der Waals surface area contributed by atoms with Crippen molar-refractivity contribution < 1.29 is 10.2 Å². The zero-order valence-electron chi connectivity index (χ0n) is 16.1. The van der Waals surface area contributed by atoms with E-state index in [1.54, 1.807) is 16.4 Å². The number of nitrogens with one attached hydrogen (secondary N) is 1. The van der Waals surface area contributed by atoms with Crippen LogP contribution in [0.2, 0.25) is 0 Å². The van der Waals surface area contributed by atoms with E-state index < -0.39 is 12.2 Å². The molecule has 0 bridgehead atoms. The van der Waals surface area contributed by atoms with Gasteiger partial charge in [-0.15, -0.1) is 5.10 Å². The summed E-state index contributed by atoms with van der Waals surface area (Å²) in [6.07, 6.45) is 0.636. The predicted molar refractivity (Wildman–Crippen MR) is 111 cm³/mol. The fourth-order valence-corrected chi connectivity index (χ4v) is 4.70. The highest BCUT2D eigenvalue weighted by Crippen LogP contribution is 2.43. The molecule has 1 aromatic carbocycles. The van der Waals surface area contributed by atoms with Crippen LogP contribution in [0.3, 0.4) is 0 Å². The smallest absolute Gasteiger partial charge is 0.191 e. The predicted octanol–water partition coefficient (Wildman–Crippen LogP) is 2.36. The standard InChI is InChI=1S/C20H24N6O2S/c1-2-29-20-22-18(21-13-10-12(13)11-6-4-3-5-7-11)16-19(23-20)26(25-24-16)14-8-9-15(27)17(14)28/h3-7,12-15,17,27-28H,2,8-10H2,1H3,(H,21,22,23)/t12?,13?,14-,15-,17+/m1/s1. The molecule has 2 unspecified atom stereocenters. The van der Waals surface area contributed by atoms with Gasteiger partial charge in [-0.2, -0.15) is 0 Å². The first-order valence-corrected chi connectivity index (χ1v) is 11.1. The van der Waals surface area contributed by atoms with E-state index in [-0.39, 0.29) is 6.04 Å². The number of rotatable bonds is 6. The summed E-state index contributed by atoms with van der Waals surface area (Å²) in [5.74, 6) is 2.01. The van der Waals surface area contributed by atoms with Crippen LogP contribution in [0.5, 0.6) is 0 Å². The Bertz CT molecular complexity index is 1010. The minimum Gasteiger partial charge on any atom is -0.390 e. The maximum atomic E-state index is 10.3. The van der Waals surface area contributed by atoms with Crippen molar-refractivity contribution >= 4 is 28.7 Å². The van der Waals surface area contributed by atoms with Crippen LogP contribution in [-0.4, -0.2) is 59.2 Å². The molecule has 5 atom stereocenters. The van der Waals surface area contributed by atoms with Crippen LogP contribution in [0.4, 0.5) is 5.82 Å². The largest absolute Gasteiger partial charge is 0.390 e. The molecule has 9 heteroatoms. The van der Waals surface area contributed by atoms with Gasteiger partial charge in [0.15, 0.2) is 22.1 Å². The van der Waals surface area contributed by atoms with Gasteiger partial charge in [0.25, 0.3) is 0 Å². The average molecular weight is 413 g/mol. The Balaban J connectivity index is 1.47. The lowest BCUT2D eigenvalue weighted by atomic mass is 10.1. The molecule has 2 aromatic heterocycles. The van der Waals surface area contributed by atoms with E-state index in [9.17, 15) is 10.2 Å². The second-order valence-corrected chi connectivity index (χ2v) is 8.93. The second kappa shape index (κ2) is 7.55. The van der Waals surface area contributed by atoms with E-state index in [1.165, 1.54) is 5.56 Å². The molecule has 0 amide bonds. The zero-order chi connectivity index (χ0) is 20.0. The number of anilines is 1. The van der Waals surface area contributed by atoms with Gasteiger partial charge in [0, 0.05) is 12.0 Å². The van der Waals surface area contributed by atoms with Gasteiger partial charge in [-0.25, -0.2) is 14.6 Å². The van der Waals surface area contributed by atoms with Crippen molar-refractivity contribution in [2.45, 2.75) is 61.6 Å². The molecule has 3 N–H and O–H groups in total. The number of nitrogens with zero attached hydrogens (tertiary/aromatic N) is 5. The van der Waals surface area contributed by atoms with Crippen LogP contribution < -0.4 is 5.32 Å². The lowest BCUT2D eigenvalue weighted by Gasteiger charge is -2.16. The summed E-state index contributed by atoms with van der Waals surface area (Å²) in [7, 11) is 0. The summed E-state index contributed by atoms with van der Waals surface area (Å²) in [6.45, 7) is 2.06. The number of fused-ring (bicyclic) bond motifs is 1. The first kappa shape index (κ1) is 18.8. The summed E-state index contributed by atoms with van der Waals surface area (Å²) in [5.41, 5.74) is 2.54. The van der Waals surface area contributed by atoms with Crippen LogP contribution in [-0.2, 0) is 0 Å². The molecule has 2 fully saturated rings. The van der Waals surface area contributed by atoms with Crippen LogP contribution in [0.1, 0.15) is 43.7 Å². The third-order valence-electron chi connectivity index (χ3n) is 5.78. The number of benzene rings is 1. The van der Waals surface area contributed by atoms with Gasteiger partial charge in [0.1, 0.15) is 6.10 Å². The fourth-order valence-electron chi connectivity index (χ4n) is 4.13. The van der Waals surface area contributed by atoms with Gasteiger partial charge in [0.05, 0.1) is 12.1 Å². The Labute approximate surface area is 172 Å². The number of aliphatic hydroxyl groups is 2. The maximum Gasteiger partial charge on any atom is 0.191 e. The Kier molecular flexibility index (Phi) is 4.89. The molecular formula is C20H24N6O2S. The molecule has 5 rings (SSSR count). The van der Waals surface area contributed by atoms with Crippen LogP contribution in [0, 0.1) is 0 Å². The van der Waals surface area contributed by atoms with Crippen LogP contribution in [0.15, 0.2) is 35.5 Å². The quantitative estimate of drug-likeness (QED) is 0.418. The molecule has 0 spiro atoms. The molecule has 3 aromatic rings. The number of hydrogen-bond acceptors (Lipinski definition) is 8. The van der Waals surface area contributed by atoms with Crippen molar-refractivity contribution in [3.8, 4) is 0 Å². The minimum absolute atomic E-state index is 0.305. The van der Waals surface area contributed by atoms with E-state index in [4.69, 9.17) is 0 Å². The summed E-state index contributed by atoms with van der Waals surface area (Å²) in [4.78, 5) is 9.34. The van der Waals surface area contributed by atoms with E-state index in [0.717, 1.165) is 12.2 Å². The van der Waals surface area contributed by atoms with E-state index in [0.29, 0.717) is 46.9 Å². The molecule has 29 heavy (non-hydrogen) atoms. The second-order valence-electron chi connectivity index (χ2n) is 7.70. The third-order valence-corrected chi connectivity index (χ3v) is 6.51. The highest BCUT2D eigenvalue weighted by molar-refractivity contribution is 7.99. The van der Waals surface area contributed by atoms with Crippen LogP contribution >= 0.6 is 11.8 Å². The molecule has 152 valence electrons. The van der Waals surface area contributed by atoms with Crippen molar-refractivity contribution in [1.29, 1.82) is 0 Å². The molecule has 2 aliphatic carbocycles. The molecule has 0 radical (unpaired) electrons. The molecule has 2 aliphatic rings. The van der Waals surface area contributed by atoms with Gasteiger partial charge >= 0.3 is 0 Å². The Hall–Kier alpha value is -2.23. The minimum atomic E-state index is -0.862. The van der Waals surface area contributed by atoms with E-state index in [1.807, 2.05) is 6.07 Å². The summed E-state index contributed by atoms with van der Waals surface area (Å²) >= 11 is 1.56. The van der Waals surface area contributed by atoms with Crippen molar-refractivity contribution in [3.63, 3.8) is 0 Å². The van der Waals surface area contributed by atoms with Gasteiger partial charge in [0.2, 0.25) is 0 Å². The maximum absolute atomic E-state index is 10.3. The number of aromatic nitrogens is 5. The average Bonchev–Trinajstić information content (AvgIpc) is 3.25. The van der Waals surface area contributed by atoms with E-state index >= 15 is 0 Å². The number of hydrogen-bond donors (Lipinski definition) is 3. The monoisotopic (exact) mass is 412 g/mol. The molecular weight excluding hydrogens is 388 g/mol. The SMILES string of the molecule is CCSc1nc(NC2CC2c2ccccc2)c2nnn([C@@H]3CC[C@@H](O)[C@H]3O)c2n1. The summed E-state index contributed by atoms with van der Waals surface area (Å²) in [6, 6.07) is 10.5. The van der Waals surface area contributed by atoms with Crippen molar-refractivity contribution in [2.24, 2.45) is 0 Å². The number of thioether (sulfide) groups is 1. The van der Waals surface area contributed by atoms with Crippen molar-refractivity contribution in [3.05, 3.63) is 35.9 Å². The van der Waals surface area contributed by atoms with Gasteiger partial charge < -0.3 is 15.5 Å². The lowest BCUT2D eigenvalue weighted by Crippen LogP contribution is -2.28. The Morgan fingerprint density at radius 2 is 2.00 bits per heavy atom. The summed E-state index contributed by atoms with van der Waals surface area (Å²) in [5, 5.41) is 33.1. The zero-order valence-corrected chi connectivity index (χ0v) is 17.0. The Morgan fingerprint density at radius 3 is 2.72 bits per heavy atom. The lowest BCUT2D eigenvalue weighted by molar-refractivity contribution is 0.0215. The first-order chi connectivity index (χ1) is 14.2. The Morgan fingerprint density at radius 1 is 1.17 bits per heavy atom. The van der Waals surface area contributed by atoms with E-state index in [2.05, 4.69) is 56.8 Å².